The fourth-order valence-corrected chi connectivity index (χ4v) is 13.3. The summed E-state index contributed by atoms with van der Waals surface area (Å²) >= 11 is 0. The topological polar surface area (TPSA) is 834 Å². The number of carbonyl (C=O) groups excluding carboxylic acids is 6. The minimum atomic E-state index is -2.45. The van der Waals surface area contributed by atoms with Gasteiger partial charge in [0, 0.05) is 0 Å². The van der Waals surface area contributed by atoms with Crippen molar-refractivity contribution in [1.29, 1.82) is 0 Å². The zero-order valence-electron chi connectivity index (χ0n) is 57.5. The molecule has 6 amide bonds. The van der Waals surface area contributed by atoms with Crippen LogP contribution in [-0.4, -0.2) is 402 Å². The first-order valence-corrected chi connectivity index (χ1v) is 33.7. The highest BCUT2D eigenvalue weighted by atomic mass is 16.8. The molecule has 6 aromatic heterocycles. The van der Waals surface area contributed by atoms with Crippen molar-refractivity contribution >= 4 is 35.4 Å². The van der Waals surface area contributed by atoms with Crippen molar-refractivity contribution in [2.75, 3.05) is 0 Å². The lowest BCUT2D eigenvalue weighted by molar-refractivity contribution is -0.402. The molecular formula is C54H72N24O36. The van der Waals surface area contributed by atoms with Gasteiger partial charge < -0.3 is 118 Å². The van der Waals surface area contributed by atoms with E-state index in [1.54, 1.807) is 0 Å². The minimum Gasteiger partial charge on any atom is -0.387 e. The van der Waals surface area contributed by atoms with Gasteiger partial charge in [0.05, 0.1) is 76.4 Å². The van der Waals surface area contributed by atoms with Crippen molar-refractivity contribution in [3.8, 4) is 0 Å². The average molecular weight is 1630 g/mol. The Morgan fingerprint density at radius 2 is 0.368 bits per heavy atom. The molecule has 624 valence electrons. The maximum Gasteiger partial charge on any atom is 0.296 e. The fourth-order valence-electron chi connectivity index (χ4n) is 13.3. The average Bonchev–Trinajstić information content (AvgIpc) is 1.02. The molecule has 60 nitrogen and oxygen atoms in total. The first kappa shape index (κ1) is 82.4. The number of hydroxylamine groups is 6. The van der Waals surface area contributed by atoms with E-state index in [-0.39, 0.29) is 0 Å². The maximum atomic E-state index is 12.5. The first-order chi connectivity index (χ1) is 54.6. The number of aliphatic hydroxyl groups is 12. The van der Waals surface area contributed by atoms with Gasteiger partial charge in [-0.2, -0.15) is 0 Å². The minimum absolute atomic E-state index is 0.551. The van der Waals surface area contributed by atoms with Gasteiger partial charge in [-0.05, 0) is 0 Å². The van der Waals surface area contributed by atoms with Gasteiger partial charge in [0.15, 0.2) is 71.9 Å². The number of hydrogen-bond acceptors (Lipinski definition) is 48. The highest BCUT2D eigenvalue weighted by Crippen LogP contribution is 2.40. The maximum absolute atomic E-state index is 12.5. The van der Waals surface area contributed by atoms with Gasteiger partial charge >= 0.3 is 0 Å². The molecule has 0 unspecified atom stereocenters. The van der Waals surface area contributed by atoms with Crippen LogP contribution in [-0.2, 0) is 96.1 Å². The third-order valence-electron chi connectivity index (χ3n) is 19.0. The van der Waals surface area contributed by atoms with E-state index in [9.17, 15) is 121 Å². The van der Waals surface area contributed by atoms with Crippen LogP contribution in [0.15, 0.2) is 37.2 Å². The Balaban J connectivity index is 0.917. The van der Waals surface area contributed by atoms with E-state index in [0.29, 0.717) is 0 Å². The number of nitrogens with one attached hydrogen (secondary N) is 6. The van der Waals surface area contributed by atoms with E-state index in [1.807, 2.05) is 0 Å². The number of rotatable bonds is 18. The van der Waals surface area contributed by atoms with Crippen molar-refractivity contribution < 1.29 is 178 Å². The molecule has 22 aliphatic heterocycles. The summed E-state index contributed by atoms with van der Waals surface area (Å²) in [6.45, 7) is -4.64. The number of amides is 6. The zero-order chi connectivity index (χ0) is 81.4. The van der Waals surface area contributed by atoms with Crippen LogP contribution in [0, 0.1) is 0 Å². The number of aromatic nitrogens is 18. The van der Waals surface area contributed by atoms with E-state index in [1.165, 1.54) is 32.9 Å². The second-order valence-corrected chi connectivity index (χ2v) is 26.3. The van der Waals surface area contributed by atoms with E-state index >= 15 is 0 Å². The van der Waals surface area contributed by atoms with Crippen LogP contribution in [0.3, 0.4) is 0 Å². The summed E-state index contributed by atoms with van der Waals surface area (Å²) in [5.41, 5.74) is 4.79. The molecule has 28 rings (SSSR count). The molecule has 24 N–H and O–H groups in total. The summed E-state index contributed by atoms with van der Waals surface area (Å²) in [5.74, 6) is -7.25. The van der Waals surface area contributed by atoms with Gasteiger partial charge in [-0.3, -0.25) is 60.0 Å². The van der Waals surface area contributed by atoms with E-state index < -0.39 is 293 Å². The Bertz CT molecular complexity index is 3640. The summed E-state index contributed by atoms with van der Waals surface area (Å²) in [6, 6.07) is 0. The van der Waals surface area contributed by atoms with Gasteiger partial charge in [-0.1, -0.05) is 31.3 Å². The van der Waals surface area contributed by atoms with Gasteiger partial charge in [0.25, 0.3) is 35.4 Å². The van der Waals surface area contributed by atoms with Gasteiger partial charge in [0.1, 0.15) is 146 Å². The smallest absolute Gasteiger partial charge is 0.296 e. The Morgan fingerprint density at radius 3 is 0.491 bits per heavy atom. The number of hydrogen-bond donors (Lipinski definition) is 24. The fraction of sp³-hybridized carbons (Fsp3) is 0.667. The molecule has 0 radical (unpaired) electrons. The van der Waals surface area contributed by atoms with Gasteiger partial charge in [0.2, 0.25) is 0 Å². The Hall–Kier alpha value is -9.54. The van der Waals surface area contributed by atoms with Crippen LogP contribution in [0.4, 0.5) is 0 Å². The molecular weight excluding hydrogens is 1560 g/mol. The normalized spacial score (nSPS) is 36.7. The van der Waals surface area contributed by atoms with Crippen molar-refractivity contribution in [3.63, 3.8) is 0 Å². The highest BCUT2D eigenvalue weighted by molar-refractivity contribution is 5.93. The molecule has 114 heavy (non-hydrogen) atoms. The molecule has 60 heteroatoms. The van der Waals surface area contributed by atoms with Crippen molar-refractivity contribution in [3.05, 3.63) is 71.3 Å². The number of ether oxygens (including phenoxy) is 12. The highest BCUT2D eigenvalue weighted by Gasteiger charge is 2.60. The zero-order valence-corrected chi connectivity index (χ0v) is 57.5. The lowest BCUT2D eigenvalue weighted by Gasteiger charge is -2.51. The number of carbonyl (C=O) groups is 6. The molecule has 22 saturated heterocycles. The Kier molecular flexibility index (Phi) is 25.2. The monoisotopic (exact) mass is 1630 g/mol. The summed E-state index contributed by atoms with van der Waals surface area (Å²) in [6.07, 6.45) is -61.7. The molecule has 12 bridgehead atoms. The van der Waals surface area contributed by atoms with Gasteiger partial charge in [-0.15, -0.1) is 30.6 Å². The summed E-state index contributed by atoms with van der Waals surface area (Å²) in [5, 5.41) is 249. The Morgan fingerprint density at radius 1 is 0.237 bits per heavy atom. The van der Waals surface area contributed by atoms with Gasteiger partial charge in [-0.25, -0.2) is 61.0 Å². The van der Waals surface area contributed by atoms with Crippen LogP contribution < -0.4 is 32.9 Å². The molecule has 0 aromatic carbocycles. The van der Waals surface area contributed by atoms with Crippen LogP contribution in [0.5, 0.6) is 0 Å². The number of nitrogens with zero attached hydrogens (tertiary/aromatic N) is 18. The second kappa shape index (κ2) is 34.9. The molecule has 0 saturated carbocycles. The Labute approximate surface area is 629 Å². The molecule has 0 aliphatic carbocycles. The molecule has 6 aromatic rings. The van der Waals surface area contributed by atoms with E-state index in [4.69, 9.17) is 56.8 Å². The van der Waals surface area contributed by atoms with Crippen molar-refractivity contribution in [2.24, 2.45) is 0 Å². The first-order valence-electron chi connectivity index (χ1n) is 33.7. The standard InChI is InChI=1S/C54H72N24O36/c79-25-31(85)49-103-19(7-73-1-13(55-67-73)43(91)61-97)37(25)109-50-32(86)26(80)39(21(104-50)9-75-3-15(57-69-75)45(93)63-99)111-52-34(88)28(82)41(23(106-52)11-77-5-17(59-71-77)47(95)65-101)113-54-36(90)30(84)42(24(108-54)12-78-6-18(60-72-78)48(96)66-102)114-53-35(89)29(83)40(22(107-53)10-76-4-16(58-70-76)46(94)64-100)112-51-33(87)27(81)38(110-49)20(105-51)8-74-2-14(56-68-74)44(92)62-98/h1-6,19-42,49-54,79-90,97-102H,7-12H2,(H,61,91)(H,62,92)(H,63,93)(H,64,94)(H,65,95)(H,66,96)/t19-,20-,21-,22-,23-,24-,25-,26-,27-,28-,29-,30-,31-,32-,33-,34-,35-,36-,37-,38-,39-,40-,41-,42-,49-,50-,51-,52-,53-,54-/m1/s1. The predicted octanol–water partition coefficient (Wildman–Crippen LogP) is -16.5. The molecule has 0 spiro atoms. The molecule has 30 atom stereocenters. The predicted molar refractivity (Wildman–Crippen MR) is 329 cm³/mol. The van der Waals surface area contributed by atoms with E-state index in [2.05, 4.69) is 61.9 Å². The SMILES string of the molecule is O=C(NO)c1cn(C[C@H]2O[C@@H]3O[C@H]4[C@H](O)[C@@H](O)[C@@H](O[C@H]5[C@H](O)[C@@H](O)[C@@H](O[C@H]6[C@H](O)[C@@H](O)[C@@H](O[C@H]7[C@H](O)[C@@H](O)[C@@H](O[C@H]8[C@H](O)[C@@H](O)[C@@H](O[C@H]2[C@H](O)[C@H]3O)O[C@@H]8Cn2cc(C(=O)NO)nn2)O[C@@H]7Cn2cc(C(=O)NO)nn2)O[C@@H]6Cn2cc(C(=O)NO)nn2)O[C@@H]5Cn2cc(C(=O)NO)nn2)O[C@@H]4Cn2cc(C(=O)NO)nn2)nn1. The quantitative estimate of drug-likeness (QED) is 0.0281. The third kappa shape index (κ3) is 17.1. The largest absolute Gasteiger partial charge is 0.387 e. The van der Waals surface area contributed by atoms with Crippen LogP contribution in [0.25, 0.3) is 0 Å². The summed E-state index contributed by atoms with van der Waals surface area (Å²) < 4.78 is 80.3. The number of aliphatic hydroxyl groups excluding tert-OH is 12. The van der Waals surface area contributed by atoms with Crippen LogP contribution in [0.1, 0.15) is 62.9 Å². The lowest BCUT2D eigenvalue weighted by Crippen LogP contribution is -2.69. The summed E-state index contributed by atoms with van der Waals surface area (Å²) in [4.78, 5) is 75.3. The molecule has 22 fully saturated rings. The second-order valence-electron chi connectivity index (χ2n) is 26.3. The lowest BCUT2D eigenvalue weighted by atomic mass is 9.94. The third-order valence-corrected chi connectivity index (χ3v) is 19.0. The van der Waals surface area contributed by atoms with Crippen molar-refractivity contribution in [2.45, 2.75) is 224 Å². The molecule has 28 heterocycles. The molecule has 22 aliphatic rings. The van der Waals surface area contributed by atoms with Crippen LogP contribution in [0.2, 0.25) is 0 Å². The van der Waals surface area contributed by atoms with Crippen molar-refractivity contribution in [1.82, 2.24) is 123 Å². The van der Waals surface area contributed by atoms with Crippen LogP contribution >= 0.6 is 0 Å². The van der Waals surface area contributed by atoms with E-state index in [0.717, 1.165) is 65.3 Å². The summed E-state index contributed by atoms with van der Waals surface area (Å²) in [7, 11) is 0.